The lowest BCUT2D eigenvalue weighted by Gasteiger charge is -2.08. The van der Waals surface area contributed by atoms with Crippen molar-refractivity contribution in [1.82, 2.24) is 5.32 Å². The van der Waals surface area contributed by atoms with Gasteiger partial charge in [-0.1, -0.05) is 6.07 Å². The number of aliphatic carboxylic acids is 1. The maximum atomic E-state index is 11.6. The molecule has 0 saturated heterocycles. The molecule has 0 bridgehead atoms. The third-order valence-corrected chi connectivity index (χ3v) is 2.28. The highest BCUT2D eigenvalue weighted by Crippen LogP contribution is 2.12. The molecule has 0 aliphatic carbocycles. The van der Waals surface area contributed by atoms with Crippen LogP contribution in [0, 0.1) is 6.92 Å². The largest absolute Gasteiger partial charge is 0.479 e. The zero-order valence-corrected chi connectivity index (χ0v) is 9.30. The van der Waals surface area contributed by atoms with Crippen molar-refractivity contribution in [3.05, 3.63) is 29.3 Å². The van der Waals surface area contributed by atoms with E-state index in [2.05, 4.69) is 5.32 Å². The zero-order valence-electron chi connectivity index (χ0n) is 9.30. The topological polar surface area (TPSA) is 113 Å². The first-order valence-electron chi connectivity index (χ1n) is 4.97. The van der Waals surface area contributed by atoms with Crippen molar-refractivity contribution in [3.63, 3.8) is 0 Å². The number of aliphatic hydroxyl groups excluding tert-OH is 1. The standard InChI is InChI=1S/C11H14N2O4/c1-6-2-3-7(4-8(6)12)10(15)13-5-9(14)11(16)17/h2-4,9,14H,5,12H2,1H3,(H,13,15)(H,16,17)/t9-/m0/s1. The third-order valence-electron chi connectivity index (χ3n) is 2.28. The Morgan fingerprint density at radius 3 is 2.65 bits per heavy atom. The number of aryl methyl sites for hydroxylation is 1. The monoisotopic (exact) mass is 238 g/mol. The minimum atomic E-state index is -1.61. The minimum absolute atomic E-state index is 0.325. The van der Waals surface area contributed by atoms with Crippen LogP contribution in [-0.2, 0) is 4.79 Å². The quantitative estimate of drug-likeness (QED) is 0.540. The van der Waals surface area contributed by atoms with Crippen LogP contribution in [0.3, 0.4) is 0 Å². The molecule has 6 nitrogen and oxygen atoms in total. The average molecular weight is 238 g/mol. The highest BCUT2D eigenvalue weighted by molar-refractivity contribution is 5.95. The van der Waals surface area contributed by atoms with Gasteiger partial charge in [-0.3, -0.25) is 4.79 Å². The van der Waals surface area contributed by atoms with Crippen LogP contribution >= 0.6 is 0 Å². The van der Waals surface area contributed by atoms with Crippen molar-refractivity contribution in [3.8, 4) is 0 Å². The molecule has 92 valence electrons. The van der Waals surface area contributed by atoms with Gasteiger partial charge in [0.15, 0.2) is 6.10 Å². The first-order valence-corrected chi connectivity index (χ1v) is 4.97. The van der Waals surface area contributed by atoms with Crippen LogP contribution < -0.4 is 11.1 Å². The number of carboxylic acids is 1. The molecule has 0 spiro atoms. The lowest BCUT2D eigenvalue weighted by molar-refractivity contribution is -0.146. The molecule has 0 fully saturated rings. The molecule has 17 heavy (non-hydrogen) atoms. The second-order valence-corrected chi connectivity index (χ2v) is 3.64. The van der Waals surface area contributed by atoms with Gasteiger partial charge in [-0.15, -0.1) is 0 Å². The molecular formula is C11H14N2O4. The van der Waals surface area contributed by atoms with Crippen LogP contribution in [0.4, 0.5) is 5.69 Å². The Morgan fingerprint density at radius 2 is 2.12 bits per heavy atom. The van der Waals surface area contributed by atoms with Crippen molar-refractivity contribution in [1.29, 1.82) is 0 Å². The summed E-state index contributed by atoms with van der Waals surface area (Å²) in [4.78, 5) is 21.9. The van der Waals surface area contributed by atoms with Crippen molar-refractivity contribution >= 4 is 17.6 Å². The summed E-state index contributed by atoms with van der Waals surface area (Å²) in [5.41, 5.74) is 7.30. The third kappa shape index (κ3) is 3.46. The van der Waals surface area contributed by atoms with Crippen molar-refractivity contribution in [2.75, 3.05) is 12.3 Å². The Kier molecular flexibility index (Phi) is 4.06. The number of aliphatic hydroxyl groups is 1. The molecule has 1 rings (SSSR count). The SMILES string of the molecule is Cc1ccc(C(=O)NC[C@H](O)C(=O)O)cc1N. The number of benzene rings is 1. The van der Waals surface area contributed by atoms with Gasteiger partial charge in [0.05, 0.1) is 6.54 Å². The Balaban J connectivity index is 2.64. The average Bonchev–Trinajstić information content (AvgIpc) is 2.28. The number of carboxylic acid groups (broad SMARTS) is 1. The Hall–Kier alpha value is -2.08. The molecule has 0 radical (unpaired) electrons. The molecule has 0 aliphatic heterocycles. The van der Waals surface area contributed by atoms with Crippen LogP contribution in [0.5, 0.6) is 0 Å². The van der Waals surface area contributed by atoms with Gasteiger partial charge < -0.3 is 21.3 Å². The normalized spacial score (nSPS) is 11.9. The predicted molar refractivity (Wildman–Crippen MR) is 61.6 cm³/mol. The Labute approximate surface area is 98.1 Å². The number of carbonyl (C=O) groups excluding carboxylic acids is 1. The number of carbonyl (C=O) groups is 2. The van der Waals surface area contributed by atoms with Gasteiger partial charge in [0, 0.05) is 11.3 Å². The summed E-state index contributed by atoms with van der Waals surface area (Å²) in [5, 5.41) is 19.7. The van der Waals surface area contributed by atoms with Gasteiger partial charge in [-0.2, -0.15) is 0 Å². The number of nitrogens with two attached hydrogens (primary N) is 1. The van der Waals surface area contributed by atoms with Gasteiger partial charge in [-0.25, -0.2) is 4.79 Å². The number of amides is 1. The van der Waals surface area contributed by atoms with E-state index in [1.165, 1.54) is 6.07 Å². The summed E-state index contributed by atoms with van der Waals surface area (Å²) in [6.07, 6.45) is -1.61. The summed E-state index contributed by atoms with van der Waals surface area (Å²) >= 11 is 0. The number of hydrogen-bond acceptors (Lipinski definition) is 4. The van der Waals surface area contributed by atoms with E-state index >= 15 is 0 Å². The fourth-order valence-corrected chi connectivity index (χ4v) is 1.16. The molecule has 1 aromatic carbocycles. The number of rotatable bonds is 4. The molecule has 1 atom stereocenters. The maximum Gasteiger partial charge on any atom is 0.334 e. The van der Waals surface area contributed by atoms with Gasteiger partial charge in [0.1, 0.15) is 0 Å². The van der Waals surface area contributed by atoms with Crippen molar-refractivity contribution in [2.24, 2.45) is 0 Å². The smallest absolute Gasteiger partial charge is 0.334 e. The number of nitrogens with one attached hydrogen (secondary N) is 1. The molecule has 1 aromatic rings. The fourth-order valence-electron chi connectivity index (χ4n) is 1.16. The Morgan fingerprint density at radius 1 is 1.47 bits per heavy atom. The van der Waals surface area contributed by atoms with Crippen molar-refractivity contribution in [2.45, 2.75) is 13.0 Å². The van der Waals surface area contributed by atoms with Crippen LogP contribution in [0.1, 0.15) is 15.9 Å². The molecule has 1 amide bonds. The number of hydrogen-bond donors (Lipinski definition) is 4. The van der Waals surface area contributed by atoms with Crippen LogP contribution in [-0.4, -0.2) is 34.7 Å². The van der Waals surface area contributed by atoms with Crippen LogP contribution in [0.15, 0.2) is 18.2 Å². The van der Waals surface area contributed by atoms with Gasteiger partial charge in [0.2, 0.25) is 0 Å². The zero-order chi connectivity index (χ0) is 13.0. The molecule has 0 heterocycles. The van der Waals surface area contributed by atoms with E-state index in [0.29, 0.717) is 11.3 Å². The lowest BCUT2D eigenvalue weighted by Crippen LogP contribution is -2.36. The van der Waals surface area contributed by atoms with Gasteiger partial charge in [0.25, 0.3) is 5.91 Å². The Bertz CT molecular complexity index is 445. The molecule has 0 unspecified atom stereocenters. The first-order chi connectivity index (χ1) is 7.91. The van der Waals surface area contributed by atoms with E-state index in [-0.39, 0.29) is 6.54 Å². The highest BCUT2D eigenvalue weighted by atomic mass is 16.4. The summed E-state index contributed by atoms with van der Waals surface area (Å²) < 4.78 is 0. The second-order valence-electron chi connectivity index (χ2n) is 3.64. The van der Waals surface area contributed by atoms with Crippen LogP contribution in [0.25, 0.3) is 0 Å². The predicted octanol–water partition coefficient (Wildman–Crippen LogP) is -0.247. The summed E-state index contributed by atoms with van der Waals surface area (Å²) in [7, 11) is 0. The van der Waals surface area contributed by atoms with Crippen LogP contribution in [0.2, 0.25) is 0 Å². The molecule has 6 heteroatoms. The summed E-state index contributed by atoms with van der Waals surface area (Å²) in [5.74, 6) is -1.86. The van der Waals surface area contributed by atoms with Crippen molar-refractivity contribution < 1.29 is 19.8 Å². The molecule has 5 N–H and O–H groups in total. The first kappa shape index (κ1) is 13.0. The number of nitrogen functional groups attached to an aromatic ring is 1. The molecule has 0 aromatic heterocycles. The molecular weight excluding hydrogens is 224 g/mol. The maximum absolute atomic E-state index is 11.6. The van der Waals surface area contributed by atoms with E-state index < -0.39 is 18.0 Å². The highest BCUT2D eigenvalue weighted by Gasteiger charge is 2.15. The molecule has 0 saturated carbocycles. The summed E-state index contributed by atoms with van der Waals surface area (Å²) in [6, 6.07) is 4.77. The fraction of sp³-hybridized carbons (Fsp3) is 0.273. The number of anilines is 1. The van der Waals surface area contributed by atoms with Gasteiger partial charge >= 0.3 is 5.97 Å². The van der Waals surface area contributed by atoms with E-state index in [0.717, 1.165) is 5.56 Å². The van der Waals surface area contributed by atoms with Gasteiger partial charge in [-0.05, 0) is 24.6 Å². The van der Waals surface area contributed by atoms with E-state index in [9.17, 15) is 9.59 Å². The molecule has 0 aliphatic rings. The lowest BCUT2D eigenvalue weighted by atomic mass is 10.1. The van der Waals surface area contributed by atoms with E-state index in [4.69, 9.17) is 15.9 Å². The second kappa shape index (κ2) is 5.31. The summed E-state index contributed by atoms with van der Waals surface area (Å²) in [6.45, 7) is 1.47. The van der Waals surface area contributed by atoms with E-state index in [1.807, 2.05) is 6.92 Å². The van der Waals surface area contributed by atoms with E-state index in [1.54, 1.807) is 12.1 Å². The minimum Gasteiger partial charge on any atom is -0.479 e.